The molecule has 0 bridgehead atoms. The van der Waals surface area contributed by atoms with Crippen molar-refractivity contribution >= 4 is 46.6 Å². The summed E-state index contributed by atoms with van der Waals surface area (Å²) in [6, 6.07) is 8.06. The average molecular weight is 362 g/mol. The average Bonchev–Trinajstić information content (AvgIpc) is 2.44. The second-order valence-electron chi connectivity index (χ2n) is 4.22. The lowest BCUT2D eigenvalue weighted by molar-refractivity contribution is 0.0470. The van der Waals surface area contributed by atoms with Gasteiger partial charge in [0.1, 0.15) is 11.4 Å². The lowest BCUT2D eigenvalue weighted by atomic mass is 10.1. The van der Waals surface area contributed by atoms with Crippen molar-refractivity contribution in [3.05, 3.63) is 68.4 Å². The molecule has 0 aliphatic rings. The maximum atomic E-state index is 13.6. The molecule has 0 aliphatic heterocycles. The van der Waals surface area contributed by atoms with Crippen molar-refractivity contribution in [2.24, 2.45) is 0 Å². The van der Waals surface area contributed by atoms with Crippen molar-refractivity contribution < 1.29 is 18.7 Å². The van der Waals surface area contributed by atoms with Gasteiger partial charge in [-0.15, -0.1) is 0 Å². The highest BCUT2D eigenvalue weighted by atomic mass is 35.5. The van der Waals surface area contributed by atoms with Crippen LogP contribution in [0.15, 0.2) is 36.4 Å². The molecular formula is C15H8Cl3FO3. The number of Topliss-reactive ketones (excluding diaryl/α,β-unsaturated/α-hetero) is 1. The molecule has 114 valence electrons. The first kappa shape index (κ1) is 16.7. The van der Waals surface area contributed by atoms with Crippen LogP contribution >= 0.6 is 34.8 Å². The van der Waals surface area contributed by atoms with Crippen LogP contribution in [-0.4, -0.2) is 18.4 Å². The zero-order valence-corrected chi connectivity index (χ0v) is 13.2. The van der Waals surface area contributed by atoms with Gasteiger partial charge in [-0.25, -0.2) is 9.18 Å². The fourth-order valence-corrected chi connectivity index (χ4v) is 2.44. The van der Waals surface area contributed by atoms with E-state index in [0.717, 1.165) is 6.07 Å². The molecular weight excluding hydrogens is 354 g/mol. The van der Waals surface area contributed by atoms with Gasteiger partial charge in [0, 0.05) is 10.6 Å². The van der Waals surface area contributed by atoms with Gasteiger partial charge in [0.2, 0.25) is 5.78 Å². The first-order valence-electron chi connectivity index (χ1n) is 5.99. The van der Waals surface area contributed by atoms with Gasteiger partial charge >= 0.3 is 5.97 Å². The Bertz CT molecular complexity index is 727. The predicted octanol–water partition coefficient (Wildman–Crippen LogP) is 4.83. The maximum Gasteiger partial charge on any atom is 0.343 e. The van der Waals surface area contributed by atoms with Crippen molar-refractivity contribution in [3.8, 4) is 0 Å². The van der Waals surface area contributed by atoms with Crippen LogP contribution in [0.1, 0.15) is 20.7 Å². The third-order valence-corrected chi connectivity index (χ3v) is 3.60. The Kier molecular flexibility index (Phi) is 5.40. The molecule has 2 aromatic rings. The molecule has 0 spiro atoms. The Labute approximate surface area is 140 Å². The third-order valence-electron chi connectivity index (χ3n) is 2.73. The van der Waals surface area contributed by atoms with Crippen LogP contribution in [0.2, 0.25) is 15.1 Å². The van der Waals surface area contributed by atoms with E-state index in [-0.39, 0.29) is 15.6 Å². The van der Waals surface area contributed by atoms with E-state index in [1.54, 1.807) is 0 Å². The molecule has 0 amide bonds. The molecule has 3 nitrogen and oxygen atoms in total. The van der Waals surface area contributed by atoms with Crippen LogP contribution < -0.4 is 0 Å². The van der Waals surface area contributed by atoms with Gasteiger partial charge in [-0.05, 0) is 30.3 Å². The van der Waals surface area contributed by atoms with Crippen molar-refractivity contribution in [2.75, 3.05) is 6.61 Å². The molecule has 7 heteroatoms. The Morgan fingerprint density at radius 2 is 1.77 bits per heavy atom. The molecule has 0 atom stereocenters. The molecule has 0 saturated heterocycles. The van der Waals surface area contributed by atoms with Crippen molar-refractivity contribution in [3.63, 3.8) is 0 Å². The predicted molar refractivity (Wildman–Crippen MR) is 82.5 cm³/mol. The second-order valence-corrected chi connectivity index (χ2v) is 5.47. The van der Waals surface area contributed by atoms with Crippen LogP contribution in [0.5, 0.6) is 0 Å². The first-order chi connectivity index (χ1) is 10.4. The van der Waals surface area contributed by atoms with E-state index < -0.39 is 29.7 Å². The van der Waals surface area contributed by atoms with Gasteiger partial charge in [-0.2, -0.15) is 0 Å². The fraction of sp³-hybridized carbons (Fsp3) is 0.0667. The third kappa shape index (κ3) is 3.77. The number of hydrogen-bond acceptors (Lipinski definition) is 3. The van der Waals surface area contributed by atoms with E-state index in [1.807, 2.05) is 0 Å². The van der Waals surface area contributed by atoms with Crippen LogP contribution in [0.25, 0.3) is 0 Å². The molecule has 0 aliphatic carbocycles. The summed E-state index contributed by atoms with van der Waals surface area (Å²) in [4.78, 5) is 23.8. The molecule has 0 aromatic heterocycles. The number of ketones is 1. The Morgan fingerprint density at radius 1 is 1.05 bits per heavy atom. The highest BCUT2D eigenvalue weighted by Gasteiger charge is 2.19. The summed E-state index contributed by atoms with van der Waals surface area (Å²) in [5.41, 5.74) is -0.266. The molecule has 0 radical (unpaired) electrons. The number of carbonyl (C=O) groups is 2. The van der Waals surface area contributed by atoms with E-state index in [0.29, 0.717) is 5.02 Å². The smallest absolute Gasteiger partial charge is 0.343 e. The number of rotatable bonds is 4. The van der Waals surface area contributed by atoms with E-state index >= 15 is 0 Å². The number of carbonyl (C=O) groups excluding carboxylic acids is 2. The number of benzene rings is 2. The van der Waals surface area contributed by atoms with E-state index in [1.165, 1.54) is 30.3 Å². The fourth-order valence-electron chi connectivity index (χ4n) is 1.69. The van der Waals surface area contributed by atoms with Crippen molar-refractivity contribution in [2.45, 2.75) is 0 Å². The van der Waals surface area contributed by atoms with Crippen LogP contribution in [0.3, 0.4) is 0 Å². The minimum Gasteiger partial charge on any atom is -0.454 e. The highest BCUT2D eigenvalue weighted by Crippen LogP contribution is 2.22. The lowest BCUT2D eigenvalue weighted by Crippen LogP contribution is -2.16. The van der Waals surface area contributed by atoms with Gasteiger partial charge < -0.3 is 4.74 Å². The lowest BCUT2D eigenvalue weighted by Gasteiger charge is -2.07. The van der Waals surface area contributed by atoms with E-state index in [9.17, 15) is 14.0 Å². The van der Waals surface area contributed by atoms with Gasteiger partial charge in [-0.3, -0.25) is 4.79 Å². The number of esters is 1. The van der Waals surface area contributed by atoms with Crippen LogP contribution in [0.4, 0.5) is 4.39 Å². The van der Waals surface area contributed by atoms with Crippen LogP contribution in [-0.2, 0) is 4.74 Å². The van der Waals surface area contributed by atoms with Gasteiger partial charge in [0.15, 0.2) is 6.61 Å². The zero-order valence-electron chi connectivity index (χ0n) is 10.9. The van der Waals surface area contributed by atoms with Gasteiger partial charge in [0.05, 0.1) is 10.0 Å². The Balaban J connectivity index is 2.09. The maximum absolute atomic E-state index is 13.6. The summed E-state index contributed by atoms with van der Waals surface area (Å²) in [5, 5.41) is 0.413. The summed E-state index contributed by atoms with van der Waals surface area (Å²) in [6.45, 7) is -0.592. The van der Waals surface area contributed by atoms with Crippen molar-refractivity contribution in [1.82, 2.24) is 0 Å². The standard InChI is InChI=1S/C15H8Cl3FO3/c16-8-4-5-9(11(18)6-8)13(20)7-22-15(21)14-10(17)2-1-3-12(14)19/h1-6H,7H2. The molecule has 0 heterocycles. The number of halogens is 4. The largest absolute Gasteiger partial charge is 0.454 e. The van der Waals surface area contributed by atoms with Crippen LogP contribution in [0, 0.1) is 5.82 Å². The normalized spacial score (nSPS) is 10.4. The van der Waals surface area contributed by atoms with Crippen molar-refractivity contribution in [1.29, 1.82) is 0 Å². The van der Waals surface area contributed by atoms with Gasteiger partial charge in [0.25, 0.3) is 0 Å². The van der Waals surface area contributed by atoms with Gasteiger partial charge in [-0.1, -0.05) is 40.9 Å². The first-order valence-corrected chi connectivity index (χ1v) is 7.13. The summed E-state index contributed by atoms with van der Waals surface area (Å²) in [7, 11) is 0. The molecule has 0 saturated carbocycles. The Hall–Kier alpha value is -1.62. The molecule has 22 heavy (non-hydrogen) atoms. The summed E-state index contributed by atoms with van der Waals surface area (Å²) in [6.07, 6.45) is 0. The molecule has 0 unspecified atom stereocenters. The summed E-state index contributed by atoms with van der Waals surface area (Å²) >= 11 is 17.3. The second kappa shape index (κ2) is 7.09. The van der Waals surface area contributed by atoms with E-state index in [2.05, 4.69) is 0 Å². The monoisotopic (exact) mass is 360 g/mol. The Morgan fingerprint density at radius 3 is 2.41 bits per heavy atom. The summed E-state index contributed by atoms with van der Waals surface area (Å²) < 4.78 is 18.3. The highest BCUT2D eigenvalue weighted by molar-refractivity contribution is 6.37. The summed E-state index contributed by atoms with van der Waals surface area (Å²) in [5.74, 6) is -2.39. The topological polar surface area (TPSA) is 43.4 Å². The number of hydrogen-bond donors (Lipinski definition) is 0. The quantitative estimate of drug-likeness (QED) is 0.579. The minimum absolute atomic E-state index is 0.0954. The molecule has 2 aromatic carbocycles. The van der Waals surface area contributed by atoms with E-state index in [4.69, 9.17) is 39.5 Å². The SMILES string of the molecule is O=C(COC(=O)c1c(F)cccc1Cl)c1ccc(Cl)cc1Cl. The molecule has 0 fully saturated rings. The molecule has 0 N–H and O–H groups in total. The molecule has 2 rings (SSSR count). The minimum atomic E-state index is -1.03. The zero-order chi connectivity index (χ0) is 16.3. The number of ether oxygens (including phenoxy) is 1.